The van der Waals surface area contributed by atoms with Crippen LogP contribution in [0.5, 0.6) is 0 Å². The Labute approximate surface area is 110 Å². The van der Waals surface area contributed by atoms with Crippen molar-refractivity contribution in [1.82, 2.24) is 4.98 Å². The van der Waals surface area contributed by atoms with Crippen molar-refractivity contribution in [2.24, 2.45) is 0 Å². The maximum absolute atomic E-state index is 11.9. The third kappa shape index (κ3) is 2.06. The van der Waals surface area contributed by atoms with Gasteiger partial charge in [-0.25, -0.2) is 9.78 Å². The van der Waals surface area contributed by atoms with Crippen LogP contribution in [0.15, 0.2) is 30.3 Å². The van der Waals surface area contributed by atoms with Gasteiger partial charge in [0.15, 0.2) is 5.69 Å². The first kappa shape index (κ1) is 11.5. The SMILES string of the molecule is O=C(OC1CCC1)c1cc2ccccc2c(Cl)n1. The summed E-state index contributed by atoms with van der Waals surface area (Å²) < 4.78 is 5.32. The van der Waals surface area contributed by atoms with Gasteiger partial charge in [0.25, 0.3) is 0 Å². The molecule has 0 amide bonds. The first-order valence-corrected chi connectivity index (χ1v) is 6.38. The maximum atomic E-state index is 11.9. The summed E-state index contributed by atoms with van der Waals surface area (Å²) in [4.78, 5) is 16.0. The minimum absolute atomic E-state index is 0.0598. The van der Waals surface area contributed by atoms with Crippen LogP contribution in [0.4, 0.5) is 0 Å². The van der Waals surface area contributed by atoms with E-state index in [1.807, 2.05) is 24.3 Å². The topological polar surface area (TPSA) is 39.2 Å². The van der Waals surface area contributed by atoms with Crippen molar-refractivity contribution in [3.63, 3.8) is 0 Å². The van der Waals surface area contributed by atoms with Crippen LogP contribution in [0.2, 0.25) is 5.15 Å². The minimum atomic E-state index is -0.382. The van der Waals surface area contributed by atoms with Crippen LogP contribution in [0.25, 0.3) is 10.8 Å². The normalized spacial score (nSPS) is 15.4. The van der Waals surface area contributed by atoms with E-state index in [1.54, 1.807) is 6.07 Å². The van der Waals surface area contributed by atoms with Crippen LogP contribution in [0, 0.1) is 0 Å². The van der Waals surface area contributed by atoms with Gasteiger partial charge in [0.2, 0.25) is 0 Å². The van der Waals surface area contributed by atoms with Crippen LogP contribution in [-0.2, 0) is 4.74 Å². The van der Waals surface area contributed by atoms with Gasteiger partial charge < -0.3 is 4.74 Å². The lowest BCUT2D eigenvalue weighted by Gasteiger charge is -2.24. The lowest BCUT2D eigenvalue weighted by molar-refractivity contribution is 0.00839. The first-order chi connectivity index (χ1) is 8.74. The Kier molecular flexibility index (Phi) is 2.92. The predicted molar refractivity (Wildman–Crippen MR) is 69.8 cm³/mol. The summed E-state index contributed by atoms with van der Waals surface area (Å²) in [5, 5.41) is 2.09. The number of ether oxygens (including phenoxy) is 1. The number of carbonyl (C=O) groups excluding carboxylic acids is 1. The van der Waals surface area contributed by atoms with Gasteiger partial charge in [0, 0.05) is 5.39 Å². The number of hydrogen-bond donors (Lipinski definition) is 0. The number of benzene rings is 1. The molecule has 1 aromatic carbocycles. The number of carbonyl (C=O) groups is 1. The van der Waals surface area contributed by atoms with Crippen molar-refractivity contribution in [2.75, 3.05) is 0 Å². The van der Waals surface area contributed by atoms with Crippen LogP contribution in [0.1, 0.15) is 29.8 Å². The second-order valence-electron chi connectivity index (χ2n) is 4.48. The van der Waals surface area contributed by atoms with Crippen LogP contribution in [-0.4, -0.2) is 17.1 Å². The van der Waals surface area contributed by atoms with E-state index in [-0.39, 0.29) is 17.8 Å². The molecule has 0 unspecified atom stereocenters. The highest BCUT2D eigenvalue weighted by atomic mass is 35.5. The van der Waals surface area contributed by atoms with E-state index in [4.69, 9.17) is 16.3 Å². The second-order valence-corrected chi connectivity index (χ2v) is 4.84. The number of rotatable bonds is 2. The fourth-order valence-corrected chi connectivity index (χ4v) is 2.22. The van der Waals surface area contributed by atoms with Crippen LogP contribution in [0.3, 0.4) is 0 Å². The van der Waals surface area contributed by atoms with E-state index < -0.39 is 0 Å². The molecular weight excluding hydrogens is 250 g/mol. The molecule has 18 heavy (non-hydrogen) atoms. The molecular formula is C14H12ClNO2. The fourth-order valence-electron chi connectivity index (χ4n) is 1.96. The molecule has 1 aromatic heterocycles. The molecule has 3 nitrogen and oxygen atoms in total. The molecule has 0 radical (unpaired) electrons. The van der Waals surface area contributed by atoms with Gasteiger partial charge in [-0.3, -0.25) is 0 Å². The number of hydrogen-bond acceptors (Lipinski definition) is 3. The molecule has 1 aliphatic rings. The quantitative estimate of drug-likeness (QED) is 0.612. The van der Waals surface area contributed by atoms with Crippen LogP contribution < -0.4 is 0 Å². The number of pyridine rings is 1. The van der Waals surface area contributed by atoms with Crippen molar-refractivity contribution < 1.29 is 9.53 Å². The van der Waals surface area contributed by atoms with Gasteiger partial charge in [-0.2, -0.15) is 0 Å². The molecule has 0 spiro atoms. The van der Waals surface area contributed by atoms with E-state index in [2.05, 4.69) is 4.98 Å². The zero-order valence-corrected chi connectivity index (χ0v) is 10.5. The average Bonchev–Trinajstić information content (AvgIpc) is 2.33. The number of nitrogens with zero attached hydrogens (tertiary/aromatic N) is 1. The molecule has 0 bridgehead atoms. The largest absolute Gasteiger partial charge is 0.458 e. The van der Waals surface area contributed by atoms with Gasteiger partial charge in [-0.05, 0) is 30.7 Å². The second kappa shape index (κ2) is 4.58. The van der Waals surface area contributed by atoms with E-state index in [9.17, 15) is 4.79 Å². The first-order valence-electron chi connectivity index (χ1n) is 6.00. The summed E-state index contributed by atoms with van der Waals surface area (Å²) in [5.74, 6) is -0.382. The zero-order valence-electron chi connectivity index (χ0n) is 9.73. The lowest BCUT2D eigenvalue weighted by atomic mass is 9.96. The third-order valence-electron chi connectivity index (χ3n) is 3.23. The van der Waals surface area contributed by atoms with Gasteiger partial charge in [-0.15, -0.1) is 0 Å². The molecule has 1 saturated carbocycles. The Morgan fingerprint density at radius 2 is 2.11 bits per heavy atom. The van der Waals surface area contributed by atoms with E-state index in [1.165, 1.54) is 0 Å². The predicted octanol–water partition coefficient (Wildman–Crippen LogP) is 3.60. The number of fused-ring (bicyclic) bond motifs is 1. The molecule has 0 saturated heterocycles. The summed E-state index contributed by atoms with van der Waals surface area (Å²) in [6, 6.07) is 9.30. The molecule has 1 aliphatic carbocycles. The monoisotopic (exact) mass is 261 g/mol. The Balaban J connectivity index is 1.94. The van der Waals surface area contributed by atoms with Crippen molar-refractivity contribution in [3.8, 4) is 0 Å². The van der Waals surface area contributed by atoms with Crippen molar-refractivity contribution in [1.29, 1.82) is 0 Å². The summed E-state index contributed by atoms with van der Waals surface area (Å²) in [5.41, 5.74) is 0.283. The van der Waals surface area contributed by atoms with E-state index in [0.717, 1.165) is 30.0 Å². The smallest absolute Gasteiger partial charge is 0.357 e. The molecule has 4 heteroatoms. The van der Waals surface area contributed by atoms with Gasteiger partial charge >= 0.3 is 5.97 Å². The molecule has 1 fully saturated rings. The molecule has 3 rings (SSSR count). The standard InChI is InChI=1S/C14H12ClNO2/c15-13-11-7-2-1-4-9(11)8-12(16-13)14(17)18-10-5-3-6-10/h1-2,4,7-8,10H,3,5-6H2. The molecule has 1 heterocycles. The van der Waals surface area contributed by atoms with Crippen molar-refractivity contribution in [2.45, 2.75) is 25.4 Å². The van der Waals surface area contributed by atoms with E-state index in [0.29, 0.717) is 5.15 Å². The van der Waals surface area contributed by atoms with E-state index >= 15 is 0 Å². The lowest BCUT2D eigenvalue weighted by Crippen LogP contribution is -2.25. The third-order valence-corrected chi connectivity index (χ3v) is 3.52. The summed E-state index contributed by atoms with van der Waals surface area (Å²) >= 11 is 6.07. The highest BCUT2D eigenvalue weighted by Gasteiger charge is 2.23. The molecule has 2 aromatic rings. The maximum Gasteiger partial charge on any atom is 0.357 e. The summed E-state index contributed by atoms with van der Waals surface area (Å²) in [7, 11) is 0. The minimum Gasteiger partial charge on any atom is -0.458 e. The van der Waals surface area contributed by atoms with Crippen molar-refractivity contribution in [3.05, 3.63) is 41.2 Å². The average molecular weight is 262 g/mol. The number of aromatic nitrogens is 1. The number of halogens is 1. The molecule has 0 aliphatic heterocycles. The number of esters is 1. The molecule has 92 valence electrons. The summed E-state index contributed by atoms with van der Waals surface area (Å²) in [6.07, 6.45) is 3.09. The Morgan fingerprint density at radius 3 is 2.83 bits per heavy atom. The Bertz CT molecular complexity index is 608. The van der Waals surface area contributed by atoms with Gasteiger partial charge in [-0.1, -0.05) is 35.9 Å². The Morgan fingerprint density at radius 1 is 1.33 bits per heavy atom. The van der Waals surface area contributed by atoms with Crippen molar-refractivity contribution >= 4 is 28.3 Å². The highest BCUT2D eigenvalue weighted by molar-refractivity contribution is 6.34. The summed E-state index contributed by atoms with van der Waals surface area (Å²) in [6.45, 7) is 0. The fraction of sp³-hybridized carbons (Fsp3) is 0.286. The van der Waals surface area contributed by atoms with Crippen LogP contribution >= 0.6 is 11.6 Å². The zero-order chi connectivity index (χ0) is 12.5. The van der Waals surface area contributed by atoms with Gasteiger partial charge in [0.1, 0.15) is 11.3 Å². The highest BCUT2D eigenvalue weighted by Crippen LogP contribution is 2.25. The molecule has 0 atom stereocenters. The Hall–Kier alpha value is -1.61. The molecule has 0 N–H and O–H groups in total. The van der Waals surface area contributed by atoms with Gasteiger partial charge in [0.05, 0.1) is 0 Å².